The first-order valence-electron chi connectivity index (χ1n) is 6.69. The van der Waals surface area contributed by atoms with Gasteiger partial charge in [-0.25, -0.2) is 0 Å². The van der Waals surface area contributed by atoms with Gasteiger partial charge in [0.15, 0.2) is 0 Å². The van der Waals surface area contributed by atoms with Crippen LogP contribution in [-0.4, -0.2) is 41.8 Å². The minimum absolute atomic E-state index is 0.0646. The van der Waals surface area contributed by atoms with Gasteiger partial charge in [-0.1, -0.05) is 20.8 Å². The van der Waals surface area contributed by atoms with Crippen molar-refractivity contribution >= 4 is 0 Å². The van der Waals surface area contributed by atoms with E-state index in [1.807, 2.05) is 7.05 Å². The van der Waals surface area contributed by atoms with E-state index in [1.54, 1.807) is 0 Å². The third-order valence-electron chi connectivity index (χ3n) is 3.33. The molecule has 0 spiro atoms. The van der Waals surface area contributed by atoms with Crippen molar-refractivity contribution in [3.63, 3.8) is 0 Å². The third kappa shape index (κ3) is 3.29. The maximum atomic E-state index is 5.73. The Morgan fingerprint density at radius 1 is 1.39 bits per heavy atom. The lowest BCUT2D eigenvalue weighted by Crippen LogP contribution is -2.24. The average Bonchev–Trinajstić information content (AvgIpc) is 2.88. The molecule has 0 aromatic carbocycles. The topological polar surface area (TPSA) is 54.2 Å². The van der Waals surface area contributed by atoms with Crippen LogP contribution in [0.5, 0.6) is 0 Å². The molecule has 1 aromatic heterocycles. The van der Waals surface area contributed by atoms with Crippen molar-refractivity contribution in [1.82, 2.24) is 20.4 Å². The summed E-state index contributed by atoms with van der Waals surface area (Å²) < 4.78 is 5.73. The van der Waals surface area contributed by atoms with E-state index in [-0.39, 0.29) is 5.41 Å². The van der Waals surface area contributed by atoms with Gasteiger partial charge in [0.1, 0.15) is 0 Å². The Hall–Kier alpha value is -0.940. The number of nitrogens with zero attached hydrogens (tertiary/aromatic N) is 3. The predicted molar refractivity (Wildman–Crippen MR) is 70.3 cm³/mol. The molecule has 1 aliphatic rings. The SMILES string of the molecule is CNCC1CCN(Cc2nnc(C(C)(C)C)o2)C1. The molecule has 0 bridgehead atoms. The molecule has 1 saturated heterocycles. The van der Waals surface area contributed by atoms with Crippen LogP contribution < -0.4 is 5.32 Å². The highest BCUT2D eigenvalue weighted by atomic mass is 16.4. The fourth-order valence-corrected chi connectivity index (χ4v) is 2.32. The number of hydrogen-bond donors (Lipinski definition) is 1. The number of nitrogens with one attached hydrogen (secondary N) is 1. The van der Waals surface area contributed by atoms with Crippen LogP contribution >= 0.6 is 0 Å². The quantitative estimate of drug-likeness (QED) is 0.878. The Morgan fingerprint density at radius 3 is 2.78 bits per heavy atom. The molecule has 0 aliphatic carbocycles. The highest BCUT2D eigenvalue weighted by Gasteiger charge is 2.25. The minimum Gasteiger partial charge on any atom is -0.423 e. The second kappa shape index (κ2) is 5.36. The Labute approximate surface area is 109 Å². The molecule has 0 saturated carbocycles. The summed E-state index contributed by atoms with van der Waals surface area (Å²) >= 11 is 0. The monoisotopic (exact) mass is 252 g/mol. The molecule has 0 amide bonds. The molecule has 1 atom stereocenters. The van der Waals surface area contributed by atoms with Gasteiger partial charge in [-0.3, -0.25) is 4.90 Å². The maximum Gasteiger partial charge on any atom is 0.230 e. The Morgan fingerprint density at radius 2 is 2.17 bits per heavy atom. The zero-order valence-electron chi connectivity index (χ0n) is 11.9. The average molecular weight is 252 g/mol. The van der Waals surface area contributed by atoms with Crippen LogP contribution in [0.1, 0.15) is 39.0 Å². The lowest BCUT2D eigenvalue weighted by atomic mass is 9.97. The van der Waals surface area contributed by atoms with E-state index < -0.39 is 0 Å². The van der Waals surface area contributed by atoms with Gasteiger partial charge in [-0.2, -0.15) is 0 Å². The predicted octanol–water partition coefficient (Wildman–Crippen LogP) is 1.41. The Balaban J connectivity index is 1.89. The number of rotatable bonds is 4. The second-order valence-electron chi connectivity index (χ2n) is 6.20. The third-order valence-corrected chi connectivity index (χ3v) is 3.33. The van der Waals surface area contributed by atoms with E-state index in [9.17, 15) is 0 Å². The molecule has 5 nitrogen and oxygen atoms in total. The van der Waals surface area contributed by atoms with Crippen molar-refractivity contribution in [3.8, 4) is 0 Å². The van der Waals surface area contributed by atoms with E-state index in [2.05, 4.69) is 41.2 Å². The largest absolute Gasteiger partial charge is 0.423 e. The number of hydrogen-bond acceptors (Lipinski definition) is 5. The van der Waals surface area contributed by atoms with Crippen LogP contribution in [0.2, 0.25) is 0 Å². The van der Waals surface area contributed by atoms with E-state index in [0.29, 0.717) is 0 Å². The maximum absolute atomic E-state index is 5.73. The van der Waals surface area contributed by atoms with E-state index in [0.717, 1.165) is 43.9 Å². The van der Waals surface area contributed by atoms with Crippen LogP contribution in [-0.2, 0) is 12.0 Å². The highest BCUT2D eigenvalue weighted by Crippen LogP contribution is 2.22. The van der Waals surface area contributed by atoms with Gasteiger partial charge >= 0.3 is 0 Å². The van der Waals surface area contributed by atoms with Crippen molar-refractivity contribution in [3.05, 3.63) is 11.8 Å². The summed E-state index contributed by atoms with van der Waals surface area (Å²) in [5.41, 5.74) is -0.0646. The summed E-state index contributed by atoms with van der Waals surface area (Å²) in [4.78, 5) is 2.39. The Bertz CT molecular complexity index is 383. The van der Waals surface area contributed by atoms with Crippen molar-refractivity contribution in [2.24, 2.45) is 5.92 Å². The molecule has 1 fully saturated rings. The van der Waals surface area contributed by atoms with Gasteiger partial charge in [0.05, 0.1) is 6.54 Å². The summed E-state index contributed by atoms with van der Waals surface area (Å²) in [6.45, 7) is 10.4. The molecule has 102 valence electrons. The zero-order chi connectivity index (χ0) is 13.2. The van der Waals surface area contributed by atoms with Gasteiger partial charge in [0, 0.05) is 12.0 Å². The van der Waals surface area contributed by atoms with Gasteiger partial charge in [-0.15, -0.1) is 10.2 Å². The molecule has 5 heteroatoms. The van der Waals surface area contributed by atoms with Crippen molar-refractivity contribution in [1.29, 1.82) is 0 Å². The summed E-state index contributed by atoms with van der Waals surface area (Å²) in [5, 5.41) is 11.5. The van der Waals surface area contributed by atoms with Crippen molar-refractivity contribution in [2.75, 3.05) is 26.7 Å². The molecule has 18 heavy (non-hydrogen) atoms. The lowest BCUT2D eigenvalue weighted by Gasteiger charge is -2.14. The fraction of sp³-hybridized carbons (Fsp3) is 0.846. The summed E-state index contributed by atoms with van der Waals surface area (Å²) in [7, 11) is 2.01. The molecule has 2 rings (SSSR count). The summed E-state index contributed by atoms with van der Waals surface area (Å²) in [5.74, 6) is 2.22. The molecule has 1 N–H and O–H groups in total. The Kier molecular flexibility index (Phi) is 4.02. The highest BCUT2D eigenvalue weighted by molar-refractivity contribution is 4.96. The van der Waals surface area contributed by atoms with Crippen LogP contribution in [0.3, 0.4) is 0 Å². The van der Waals surface area contributed by atoms with E-state index in [1.165, 1.54) is 6.42 Å². The first kappa shape index (κ1) is 13.5. The van der Waals surface area contributed by atoms with Gasteiger partial charge in [0.25, 0.3) is 0 Å². The van der Waals surface area contributed by atoms with Crippen LogP contribution in [0, 0.1) is 5.92 Å². The smallest absolute Gasteiger partial charge is 0.230 e. The first-order valence-corrected chi connectivity index (χ1v) is 6.69. The molecule has 1 unspecified atom stereocenters. The molecule has 2 heterocycles. The lowest BCUT2D eigenvalue weighted by molar-refractivity contribution is 0.268. The normalized spacial score (nSPS) is 21.7. The summed E-state index contributed by atoms with van der Waals surface area (Å²) in [6.07, 6.45) is 1.25. The van der Waals surface area contributed by atoms with E-state index in [4.69, 9.17) is 4.42 Å². The van der Waals surface area contributed by atoms with Crippen LogP contribution in [0.25, 0.3) is 0 Å². The minimum atomic E-state index is -0.0646. The first-order chi connectivity index (χ1) is 8.49. The molecule has 0 radical (unpaired) electrons. The number of aromatic nitrogens is 2. The van der Waals surface area contributed by atoms with Gasteiger partial charge in [0.2, 0.25) is 11.8 Å². The molecular weight excluding hydrogens is 228 g/mol. The van der Waals surface area contributed by atoms with E-state index >= 15 is 0 Å². The molecule has 1 aliphatic heterocycles. The zero-order valence-corrected chi connectivity index (χ0v) is 11.9. The number of likely N-dealkylation sites (tertiary alicyclic amines) is 1. The van der Waals surface area contributed by atoms with Crippen LogP contribution in [0.15, 0.2) is 4.42 Å². The molecular formula is C13H24N4O. The van der Waals surface area contributed by atoms with Gasteiger partial charge in [-0.05, 0) is 32.5 Å². The van der Waals surface area contributed by atoms with Crippen LogP contribution in [0.4, 0.5) is 0 Å². The van der Waals surface area contributed by atoms with Crippen molar-refractivity contribution < 1.29 is 4.42 Å². The van der Waals surface area contributed by atoms with Gasteiger partial charge < -0.3 is 9.73 Å². The standard InChI is InChI=1S/C13H24N4O/c1-13(2,3)12-16-15-11(18-12)9-17-6-5-10(8-17)7-14-4/h10,14H,5-9H2,1-4H3. The molecule has 1 aromatic rings. The second-order valence-corrected chi connectivity index (χ2v) is 6.20. The fourth-order valence-electron chi connectivity index (χ4n) is 2.32. The van der Waals surface area contributed by atoms with Crippen molar-refractivity contribution in [2.45, 2.75) is 39.2 Å². The summed E-state index contributed by atoms with van der Waals surface area (Å²) in [6, 6.07) is 0.